The minimum atomic E-state index is -4.77. The van der Waals surface area contributed by atoms with Gasteiger partial charge in [-0.2, -0.15) is 4.98 Å². The Bertz CT molecular complexity index is 1550. The van der Waals surface area contributed by atoms with Crippen LogP contribution < -0.4 is 15.2 Å². The Morgan fingerprint density at radius 1 is 1.00 bits per heavy atom. The lowest BCUT2D eigenvalue weighted by Crippen LogP contribution is -2.22. The Hall–Kier alpha value is -4.61. The number of alkyl halides is 3. The van der Waals surface area contributed by atoms with E-state index in [2.05, 4.69) is 20.0 Å². The molecule has 35 heavy (non-hydrogen) atoms. The van der Waals surface area contributed by atoms with Crippen LogP contribution in [0.25, 0.3) is 28.2 Å². The third-order valence-corrected chi connectivity index (χ3v) is 5.09. The Balaban J connectivity index is 1.40. The van der Waals surface area contributed by atoms with Gasteiger partial charge in [0.25, 0.3) is 5.89 Å². The van der Waals surface area contributed by atoms with Gasteiger partial charge < -0.3 is 14.0 Å². The first-order chi connectivity index (χ1) is 16.8. The summed E-state index contributed by atoms with van der Waals surface area (Å²) in [5, 5.41) is 8.22. The van der Waals surface area contributed by atoms with Crippen LogP contribution in [0, 0.1) is 0 Å². The van der Waals surface area contributed by atoms with Crippen LogP contribution in [0.2, 0.25) is 0 Å². The number of hydrogen-bond acceptors (Lipinski definition) is 7. The highest BCUT2D eigenvalue weighted by Crippen LogP contribution is 2.28. The van der Waals surface area contributed by atoms with Crippen LogP contribution in [-0.2, 0) is 6.54 Å². The molecule has 3 aromatic heterocycles. The first kappa shape index (κ1) is 22.2. The van der Waals surface area contributed by atoms with Gasteiger partial charge in [0, 0.05) is 6.20 Å². The first-order valence-corrected chi connectivity index (χ1v) is 10.2. The second-order valence-corrected chi connectivity index (χ2v) is 7.37. The van der Waals surface area contributed by atoms with Crippen LogP contribution in [0.4, 0.5) is 13.2 Å². The molecule has 0 aliphatic carbocycles. The van der Waals surface area contributed by atoms with Crippen molar-refractivity contribution in [2.24, 2.45) is 0 Å². The predicted molar refractivity (Wildman–Crippen MR) is 117 cm³/mol. The van der Waals surface area contributed by atoms with Crippen LogP contribution in [0.15, 0.2) is 76.2 Å². The van der Waals surface area contributed by atoms with E-state index in [9.17, 15) is 18.0 Å². The number of para-hydroxylation sites is 1. The van der Waals surface area contributed by atoms with E-state index in [0.717, 1.165) is 0 Å². The van der Waals surface area contributed by atoms with E-state index >= 15 is 0 Å². The smallest absolute Gasteiger partial charge is 0.496 e. The molecular weight excluding hydrogens is 467 g/mol. The number of aromatic nitrogens is 5. The van der Waals surface area contributed by atoms with Crippen molar-refractivity contribution in [1.29, 1.82) is 0 Å². The molecule has 0 amide bonds. The van der Waals surface area contributed by atoms with Crippen molar-refractivity contribution in [3.63, 3.8) is 0 Å². The van der Waals surface area contributed by atoms with Gasteiger partial charge in [-0.15, -0.1) is 18.3 Å². The van der Waals surface area contributed by atoms with Gasteiger partial charge in [-0.25, -0.2) is 13.9 Å². The van der Waals surface area contributed by atoms with Gasteiger partial charge >= 0.3 is 12.1 Å². The number of benzene rings is 2. The van der Waals surface area contributed by atoms with E-state index in [1.165, 1.54) is 40.5 Å². The Morgan fingerprint density at radius 3 is 2.49 bits per heavy atom. The van der Waals surface area contributed by atoms with Crippen molar-refractivity contribution < 1.29 is 27.2 Å². The van der Waals surface area contributed by atoms with Gasteiger partial charge in [0.15, 0.2) is 11.5 Å². The van der Waals surface area contributed by atoms with Crippen molar-refractivity contribution in [3.05, 3.63) is 83.2 Å². The van der Waals surface area contributed by atoms with Crippen molar-refractivity contribution in [3.8, 4) is 34.1 Å². The van der Waals surface area contributed by atoms with E-state index < -0.39 is 12.1 Å². The molecule has 0 saturated heterocycles. The zero-order chi connectivity index (χ0) is 24.6. The monoisotopic (exact) mass is 483 g/mol. The summed E-state index contributed by atoms with van der Waals surface area (Å²) in [6, 6.07) is 15.8. The Labute approximate surface area is 195 Å². The normalized spacial score (nSPS) is 11.7. The average Bonchev–Trinajstić information content (AvgIpc) is 3.43. The van der Waals surface area contributed by atoms with Crippen molar-refractivity contribution >= 4 is 5.65 Å². The molecule has 5 aromatic rings. The van der Waals surface area contributed by atoms with Gasteiger partial charge in [-0.05, 0) is 47.5 Å². The lowest BCUT2D eigenvalue weighted by Gasteiger charge is -2.09. The summed E-state index contributed by atoms with van der Waals surface area (Å²) in [6.07, 6.45) is -3.22. The number of halogens is 3. The summed E-state index contributed by atoms with van der Waals surface area (Å²) in [5.41, 5.74) is 1.76. The Morgan fingerprint density at radius 2 is 1.74 bits per heavy atom. The molecule has 12 heteroatoms. The fraction of sp³-hybridized carbons (Fsp3) is 0.130. The minimum Gasteiger partial charge on any atom is -0.496 e. The van der Waals surface area contributed by atoms with E-state index in [1.807, 2.05) is 12.1 Å². The maximum Gasteiger partial charge on any atom is 0.573 e. The maximum absolute atomic E-state index is 12.9. The molecule has 0 saturated carbocycles. The molecule has 5 rings (SSSR count). The molecule has 178 valence electrons. The van der Waals surface area contributed by atoms with E-state index in [0.29, 0.717) is 28.1 Å². The first-order valence-electron chi connectivity index (χ1n) is 10.2. The van der Waals surface area contributed by atoms with Crippen LogP contribution in [0.5, 0.6) is 11.5 Å². The number of pyridine rings is 1. The van der Waals surface area contributed by atoms with E-state index in [4.69, 9.17) is 9.26 Å². The molecule has 0 bridgehead atoms. The van der Waals surface area contributed by atoms with Gasteiger partial charge in [0.2, 0.25) is 0 Å². The third-order valence-electron chi connectivity index (χ3n) is 5.09. The van der Waals surface area contributed by atoms with Crippen molar-refractivity contribution in [1.82, 2.24) is 24.3 Å². The van der Waals surface area contributed by atoms with Crippen LogP contribution >= 0.6 is 0 Å². The molecule has 2 aromatic carbocycles. The lowest BCUT2D eigenvalue weighted by molar-refractivity contribution is -0.274. The van der Waals surface area contributed by atoms with Crippen LogP contribution in [0.1, 0.15) is 5.82 Å². The predicted octanol–water partition coefficient (Wildman–Crippen LogP) is 4.17. The summed E-state index contributed by atoms with van der Waals surface area (Å²) in [7, 11) is 1.53. The molecule has 0 aliphatic heterocycles. The molecule has 0 N–H and O–H groups in total. The topological polar surface area (TPSA) is 96.7 Å². The molecule has 0 fully saturated rings. The van der Waals surface area contributed by atoms with Crippen LogP contribution in [0.3, 0.4) is 0 Å². The molecule has 9 nitrogen and oxygen atoms in total. The van der Waals surface area contributed by atoms with Crippen LogP contribution in [-0.4, -0.2) is 37.8 Å². The van der Waals surface area contributed by atoms with Gasteiger partial charge in [0.1, 0.15) is 18.0 Å². The summed E-state index contributed by atoms with van der Waals surface area (Å²) in [6.45, 7) is -0.0298. The molecule has 0 unspecified atom stereocenters. The number of nitrogens with zero attached hydrogens (tertiary/aromatic N) is 5. The number of hydrogen-bond donors (Lipinski definition) is 0. The number of fused-ring (bicyclic) bond motifs is 1. The molecule has 0 spiro atoms. The average molecular weight is 483 g/mol. The largest absolute Gasteiger partial charge is 0.573 e. The van der Waals surface area contributed by atoms with Crippen molar-refractivity contribution in [2.45, 2.75) is 12.9 Å². The second kappa shape index (κ2) is 8.63. The molecular formula is C23H16F3N5O4. The second-order valence-electron chi connectivity index (χ2n) is 7.37. The molecule has 0 atom stereocenters. The van der Waals surface area contributed by atoms with E-state index in [-0.39, 0.29) is 24.0 Å². The zero-order valence-electron chi connectivity index (χ0n) is 18.1. The fourth-order valence-electron chi connectivity index (χ4n) is 3.52. The highest BCUT2D eigenvalue weighted by molar-refractivity contribution is 5.65. The number of rotatable bonds is 6. The summed E-state index contributed by atoms with van der Waals surface area (Å²) in [5.74, 6) is 0.726. The van der Waals surface area contributed by atoms with E-state index in [1.54, 1.807) is 30.5 Å². The van der Waals surface area contributed by atoms with Gasteiger partial charge in [0.05, 0.1) is 12.7 Å². The number of ether oxygens (including phenoxy) is 2. The molecule has 0 aliphatic rings. The quantitative estimate of drug-likeness (QED) is 0.358. The van der Waals surface area contributed by atoms with Gasteiger partial charge in [-0.1, -0.05) is 29.4 Å². The minimum absolute atomic E-state index is 0.0298. The maximum atomic E-state index is 12.9. The number of methoxy groups -OCH3 is 1. The standard InChI is InChI=1S/C23H16F3N5O4/c1-33-18-5-3-2-4-17(18)21-27-19(29-35-21)13-31-22(32)30-12-15(8-11-20(30)28-31)14-6-9-16(10-7-14)34-23(24,25)26/h2-12H,13H2,1H3. The molecule has 0 radical (unpaired) electrons. The summed E-state index contributed by atoms with van der Waals surface area (Å²) in [4.78, 5) is 17.3. The highest BCUT2D eigenvalue weighted by atomic mass is 19.4. The molecule has 3 heterocycles. The Kier molecular flexibility index (Phi) is 5.47. The van der Waals surface area contributed by atoms with Gasteiger partial charge in [-0.3, -0.25) is 0 Å². The summed E-state index contributed by atoms with van der Waals surface area (Å²) < 4.78 is 54.2. The lowest BCUT2D eigenvalue weighted by atomic mass is 10.1. The SMILES string of the molecule is COc1ccccc1-c1nc(Cn2nc3ccc(-c4ccc(OC(F)(F)F)cc4)cn3c2=O)no1. The highest BCUT2D eigenvalue weighted by Gasteiger charge is 2.31. The summed E-state index contributed by atoms with van der Waals surface area (Å²) >= 11 is 0. The fourth-order valence-corrected chi connectivity index (χ4v) is 3.52. The third kappa shape index (κ3) is 4.58. The zero-order valence-corrected chi connectivity index (χ0v) is 18.1. The van der Waals surface area contributed by atoms with Crippen molar-refractivity contribution in [2.75, 3.05) is 7.11 Å².